The molecule has 2 aromatic rings. The molecular weight excluding hydrogens is 487 g/mol. The molecule has 0 fully saturated rings. The molecule has 0 heterocycles. The molecule has 0 spiro atoms. The smallest absolute Gasteiger partial charge is 1.00 e. The fourth-order valence-corrected chi connectivity index (χ4v) is 5.11. The molecule has 0 saturated carbocycles. The van der Waals surface area contributed by atoms with E-state index in [0.717, 1.165) is 19.3 Å². The molecule has 0 aliphatic heterocycles. The van der Waals surface area contributed by atoms with Gasteiger partial charge in [-0.3, -0.25) is 8.74 Å². The summed E-state index contributed by atoms with van der Waals surface area (Å²) in [5, 5.41) is 0. The third-order valence-corrected chi connectivity index (χ3v) is 7.45. The summed E-state index contributed by atoms with van der Waals surface area (Å²) in [6.07, 6.45) is 11.3. The third-order valence-electron chi connectivity index (χ3n) is 5.20. The maximum Gasteiger partial charge on any atom is 1.00 e. The monoisotopic (exact) mass is 522 g/mol. The predicted octanol–water partition coefficient (Wildman–Crippen LogP) is 3.47. The van der Waals surface area contributed by atoms with Crippen LogP contribution in [0.25, 0.3) is 0 Å². The van der Waals surface area contributed by atoms with Crippen LogP contribution in [-0.4, -0.2) is 28.0 Å². The van der Waals surface area contributed by atoms with Gasteiger partial charge in [0.2, 0.25) is 0 Å². The summed E-state index contributed by atoms with van der Waals surface area (Å²) in [5.74, 6) is -0.269. The first-order valence-corrected chi connectivity index (χ1v) is 14.3. The van der Waals surface area contributed by atoms with Crippen molar-refractivity contribution in [3.8, 4) is 11.5 Å². The van der Waals surface area contributed by atoms with Gasteiger partial charge in [0, 0.05) is 0 Å². The third kappa shape index (κ3) is 10.8. The second-order valence-electron chi connectivity index (χ2n) is 7.93. The van der Waals surface area contributed by atoms with E-state index in [-0.39, 0.29) is 54.0 Å². The Morgan fingerprint density at radius 2 is 1.15 bits per heavy atom. The van der Waals surface area contributed by atoms with Gasteiger partial charge in [0.25, 0.3) is 10.1 Å². The van der Waals surface area contributed by atoms with Crippen molar-refractivity contribution in [2.75, 3.05) is 6.61 Å². The van der Waals surface area contributed by atoms with Gasteiger partial charge in [0.05, 0.1) is 6.61 Å². The van der Waals surface area contributed by atoms with Crippen LogP contribution in [0.2, 0.25) is 0 Å². The van der Waals surface area contributed by atoms with Gasteiger partial charge < -0.3 is 6.16 Å². The van der Waals surface area contributed by atoms with Gasteiger partial charge in [0.15, 0.2) is 0 Å². The number of hydrogen-bond donors (Lipinski definition) is 1. The van der Waals surface area contributed by atoms with Gasteiger partial charge in [-0.1, -0.05) is 89.0 Å². The van der Waals surface area contributed by atoms with Gasteiger partial charge in [-0.25, -0.2) is 0 Å². The molecule has 10 heteroatoms. The van der Waals surface area contributed by atoms with Crippen molar-refractivity contribution in [2.45, 2.75) is 80.9 Å². The van der Waals surface area contributed by atoms with Gasteiger partial charge in [-0.2, -0.15) is 16.8 Å². The molecule has 2 aromatic carbocycles. The molecule has 0 saturated heterocycles. The first-order chi connectivity index (χ1) is 15.8. The van der Waals surface area contributed by atoms with Crippen molar-refractivity contribution in [3.05, 3.63) is 48.5 Å². The molecule has 0 atom stereocenters. The Balaban J connectivity index is 0.00000578. The van der Waals surface area contributed by atoms with E-state index in [1.54, 1.807) is 6.07 Å². The minimum atomic E-state index is -4.54. The number of rotatable bonds is 16. The van der Waals surface area contributed by atoms with Gasteiger partial charge >= 0.3 is 39.7 Å². The molecule has 186 valence electrons. The Morgan fingerprint density at radius 3 is 1.68 bits per heavy atom. The van der Waals surface area contributed by atoms with E-state index >= 15 is 0 Å². The molecule has 0 unspecified atom stereocenters. The predicted molar refractivity (Wildman–Crippen MR) is 129 cm³/mol. The first-order valence-electron chi connectivity index (χ1n) is 11.5. The summed E-state index contributed by atoms with van der Waals surface area (Å²) in [4.78, 5) is -0.661. The summed E-state index contributed by atoms with van der Waals surface area (Å²) in [6, 6.07) is 11.3. The van der Waals surface area contributed by atoms with Crippen LogP contribution in [0.4, 0.5) is 0 Å². The number of benzene rings is 2. The molecule has 0 aliphatic rings. The molecule has 0 bridgehead atoms. The Hall–Kier alpha value is -0.940. The summed E-state index contributed by atoms with van der Waals surface area (Å²) >= 11 is 0. The zero-order chi connectivity index (χ0) is 24.2. The SMILES string of the molecule is CCCCCCCCCCCCOS(=O)(=O)c1ccccc1Oc1ccccc1S(=O)(=O)O.[H-].[Na+]. The van der Waals surface area contributed by atoms with Crippen LogP contribution in [0.15, 0.2) is 58.3 Å². The van der Waals surface area contributed by atoms with Gasteiger partial charge in [-0.15, -0.1) is 0 Å². The molecular formula is C24H35NaO7S2. The fraction of sp³-hybridized carbons (Fsp3) is 0.500. The van der Waals surface area contributed by atoms with Crippen LogP contribution in [0.5, 0.6) is 11.5 Å². The van der Waals surface area contributed by atoms with E-state index < -0.39 is 25.1 Å². The Morgan fingerprint density at radius 1 is 0.706 bits per heavy atom. The first kappa shape index (κ1) is 31.1. The Kier molecular flexibility index (Phi) is 14.6. The van der Waals surface area contributed by atoms with Crippen molar-refractivity contribution in [2.24, 2.45) is 0 Å². The van der Waals surface area contributed by atoms with Crippen LogP contribution in [0.1, 0.15) is 72.6 Å². The molecule has 2 rings (SSSR count). The normalized spacial score (nSPS) is 11.7. The largest absolute Gasteiger partial charge is 1.00 e. The van der Waals surface area contributed by atoms with Crippen LogP contribution in [0.3, 0.4) is 0 Å². The number of ether oxygens (including phenoxy) is 1. The Labute approximate surface area is 227 Å². The summed E-state index contributed by atoms with van der Waals surface area (Å²) in [6.45, 7) is 2.27. The van der Waals surface area contributed by atoms with Gasteiger partial charge in [0.1, 0.15) is 21.3 Å². The van der Waals surface area contributed by atoms with Crippen molar-refractivity contribution >= 4 is 20.2 Å². The Bertz CT molecular complexity index is 1080. The van der Waals surface area contributed by atoms with Crippen molar-refractivity contribution in [1.29, 1.82) is 0 Å². The van der Waals surface area contributed by atoms with E-state index in [1.165, 1.54) is 81.0 Å². The van der Waals surface area contributed by atoms with E-state index in [0.29, 0.717) is 6.42 Å². The molecule has 0 aromatic heterocycles. The van der Waals surface area contributed by atoms with Crippen LogP contribution >= 0.6 is 0 Å². The summed E-state index contributed by atoms with van der Waals surface area (Å²) in [7, 11) is -8.65. The van der Waals surface area contributed by atoms with Crippen LogP contribution in [-0.2, 0) is 24.4 Å². The number of para-hydroxylation sites is 2. The van der Waals surface area contributed by atoms with E-state index in [2.05, 4.69) is 6.92 Å². The van der Waals surface area contributed by atoms with Crippen LogP contribution < -0.4 is 34.3 Å². The quantitative estimate of drug-likeness (QED) is 0.156. The molecule has 7 nitrogen and oxygen atoms in total. The average molecular weight is 523 g/mol. The average Bonchev–Trinajstić information content (AvgIpc) is 2.77. The summed E-state index contributed by atoms with van der Waals surface area (Å²) < 4.78 is 68.7. The maximum atomic E-state index is 12.7. The number of unbranched alkanes of at least 4 members (excludes halogenated alkanes) is 9. The molecule has 0 aliphatic carbocycles. The molecule has 0 amide bonds. The zero-order valence-electron chi connectivity index (χ0n) is 21.1. The van der Waals surface area contributed by atoms with Crippen molar-refractivity contribution in [1.82, 2.24) is 0 Å². The second-order valence-corrected chi connectivity index (χ2v) is 10.9. The van der Waals surface area contributed by atoms with E-state index in [9.17, 15) is 21.4 Å². The van der Waals surface area contributed by atoms with Crippen LogP contribution in [0, 0.1) is 0 Å². The maximum absolute atomic E-state index is 12.7. The molecule has 1 N–H and O–H groups in total. The van der Waals surface area contributed by atoms with Crippen molar-refractivity contribution in [3.63, 3.8) is 0 Å². The van der Waals surface area contributed by atoms with E-state index in [1.807, 2.05) is 0 Å². The second kappa shape index (κ2) is 15.9. The standard InChI is InChI=1S/C24H34O7S2.Na.H/c1-2-3-4-5-6-7-8-9-10-15-20-30-33(28,29)24-19-14-12-17-22(24)31-21-16-11-13-18-23(21)32(25,26)27;;/h11-14,16-19H,2-10,15,20H2,1H3,(H,25,26,27);;/q;+1;-1. The van der Waals surface area contributed by atoms with Gasteiger partial charge in [-0.05, 0) is 30.7 Å². The molecule has 0 radical (unpaired) electrons. The van der Waals surface area contributed by atoms with E-state index in [4.69, 9.17) is 8.92 Å². The number of hydrogen-bond acceptors (Lipinski definition) is 6. The minimum absolute atomic E-state index is 0. The topological polar surface area (TPSA) is 107 Å². The summed E-state index contributed by atoms with van der Waals surface area (Å²) in [5.41, 5.74) is 0. The zero-order valence-corrected chi connectivity index (χ0v) is 23.7. The van der Waals surface area contributed by atoms with Crippen molar-refractivity contribution < 1.29 is 61.3 Å². The fourth-order valence-electron chi connectivity index (χ4n) is 3.43. The minimum Gasteiger partial charge on any atom is -1.00 e. The molecule has 34 heavy (non-hydrogen) atoms.